The van der Waals surface area contributed by atoms with Crippen LogP contribution < -0.4 is 5.32 Å². The predicted octanol–water partition coefficient (Wildman–Crippen LogP) is 2.11. The van der Waals surface area contributed by atoms with E-state index in [9.17, 15) is 4.79 Å². The highest BCUT2D eigenvalue weighted by atomic mass is 16.1. The SMILES string of the molecule is CCNc1ccc(C(=O)CC)cn1. The van der Waals surface area contributed by atoms with Crippen LogP contribution in [0.3, 0.4) is 0 Å². The van der Waals surface area contributed by atoms with E-state index in [1.54, 1.807) is 12.3 Å². The molecule has 0 aliphatic carbocycles. The Morgan fingerprint density at radius 2 is 2.23 bits per heavy atom. The topological polar surface area (TPSA) is 42.0 Å². The van der Waals surface area contributed by atoms with Crippen molar-refractivity contribution in [3.8, 4) is 0 Å². The largest absolute Gasteiger partial charge is 0.370 e. The molecular formula is C10H14N2O. The second-order valence-corrected chi connectivity index (χ2v) is 2.74. The van der Waals surface area contributed by atoms with Crippen molar-refractivity contribution in [1.29, 1.82) is 0 Å². The molecule has 1 N–H and O–H groups in total. The van der Waals surface area contributed by atoms with Crippen molar-refractivity contribution in [1.82, 2.24) is 4.98 Å². The molecule has 0 unspecified atom stereocenters. The van der Waals surface area contributed by atoms with Gasteiger partial charge in [0.15, 0.2) is 5.78 Å². The molecule has 0 saturated carbocycles. The van der Waals surface area contributed by atoms with Crippen LogP contribution in [0.1, 0.15) is 30.6 Å². The standard InChI is InChI=1S/C10H14N2O/c1-3-9(13)8-5-6-10(11-4-2)12-7-8/h5-7H,3-4H2,1-2H3,(H,11,12). The predicted molar refractivity (Wildman–Crippen MR) is 53.0 cm³/mol. The number of carbonyl (C=O) groups is 1. The number of hydrogen-bond donors (Lipinski definition) is 1. The van der Waals surface area contributed by atoms with Gasteiger partial charge in [-0.3, -0.25) is 4.79 Å². The van der Waals surface area contributed by atoms with Crippen LogP contribution in [0.2, 0.25) is 0 Å². The summed E-state index contributed by atoms with van der Waals surface area (Å²) in [5.41, 5.74) is 0.684. The molecule has 0 amide bonds. The lowest BCUT2D eigenvalue weighted by Crippen LogP contribution is -2.01. The quantitative estimate of drug-likeness (QED) is 0.718. The van der Waals surface area contributed by atoms with Crippen molar-refractivity contribution >= 4 is 11.6 Å². The van der Waals surface area contributed by atoms with Gasteiger partial charge in [0.05, 0.1) is 0 Å². The molecule has 0 aliphatic heterocycles. The first-order valence-corrected chi connectivity index (χ1v) is 4.51. The lowest BCUT2D eigenvalue weighted by molar-refractivity contribution is 0.0988. The van der Waals surface area contributed by atoms with Gasteiger partial charge in [-0.15, -0.1) is 0 Å². The van der Waals surface area contributed by atoms with E-state index in [0.29, 0.717) is 12.0 Å². The summed E-state index contributed by atoms with van der Waals surface area (Å²) >= 11 is 0. The minimum absolute atomic E-state index is 0.135. The van der Waals surface area contributed by atoms with Gasteiger partial charge in [0.2, 0.25) is 0 Å². The van der Waals surface area contributed by atoms with Crippen molar-refractivity contribution in [3.05, 3.63) is 23.9 Å². The van der Waals surface area contributed by atoms with Crippen LogP contribution in [0, 0.1) is 0 Å². The zero-order valence-electron chi connectivity index (χ0n) is 8.00. The fraction of sp³-hybridized carbons (Fsp3) is 0.400. The molecule has 70 valence electrons. The minimum atomic E-state index is 0.135. The number of carbonyl (C=O) groups excluding carboxylic acids is 1. The average Bonchev–Trinajstić information content (AvgIpc) is 2.18. The highest BCUT2D eigenvalue weighted by Gasteiger charge is 2.02. The van der Waals surface area contributed by atoms with Gasteiger partial charge in [-0.25, -0.2) is 4.98 Å². The normalized spacial score (nSPS) is 9.69. The highest BCUT2D eigenvalue weighted by Crippen LogP contribution is 2.06. The summed E-state index contributed by atoms with van der Waals surface area (Å²) in [4.78, 5) is 15.3. The number of hydrogen-bond acceptors (Lipinski definition) is 3. The lowest BCUT2D eigenvalue weighted by atomic mass is 10.1. The van der Waals surface area contributed by atoms with Gasteiger partial charge in [0.1, 0.15) is 5.82 Å². The van der Waals surface area contributed by atoms with Crippen molar-refractivity contribution in [2.45, 2.75) is 20.3 Å². The maximum Gasteiger partial charge on any atom is 0.164 e. The third-order valence-corrected chi connectivity index (χ3v) is 1.76. The Morgan fingerprint density at radius 1 is 1.46 bits per heavy atom. The summed E-state index contributed by atoms with van der Waals surface area (Å²) in [7, 11) is 0. The number of rotatable bonds is 4. The molecule has 3 heteroatoms. The van der Waals surface area contributed by atoms with E-state index in [1.165, 1.54) is 0 Å². The summed E-state index contributed by atoms with van der Waals surface area (Å²) in [5.74, 6) is 0.950. The number of Topliss-reactive ketones (excluding diaryl/α,β-unsaturated/α-hetero) is 1. The van der Waals surface area contributed by atoms with Crippen molar-refractivity contribution in [2.24, 2.45) is 0 Å². The molecule has 1 aromatic heterocycles. The van der Waals surface area contributed by atoms with E-state index in [1.807, 2.05) is 19.9 Å². The van der Waals surface area contributed by atoms with Crippen LogP contribution in [-0.2, 0) is 0 Å². The first-order chi connectivity index (χ1) is 6.27. The van der Waals surface area contributed by atoms with E-state index in [2.05, 4.69) is 10.3 Å². The van der Waals surface area contributed by atoms with E-state index in [0.717, 1.165) is 12.4 Å². The summed E-state index contributed by atoms with van der Waals surface area (Å²) in [6, 6.07) is 3.63. The first kappa shape index (κ1) is 9.71. The molecule has 0 aromatic carbocycles. The van der Waals surface area contributed by atoms with E-state index < -0.39 is 0 Å². The Morgan fingerprint density at radius 3 is 2.69 bits per heavy atom. The number of ketones is 1. The Labute approximate surface area is 78.2 Å². The molecule has 0 radical (unpaired) electrons. The third-order valence-electron chi connectivity index (χ3n) is 1.76. The number of anilines is 1. The fourth-order valence-corrected chi connectivity index (χ4v) is 1.05. The zero-order chi connectivity index (χ0) is 9.68. The van der Waals surface area contributed by atoms with E-state index in [-0.39, 0.29) is 5.78 Å². The lowest BCUT2D eigenvalue weighted by Gasteiger charge is -2.02. The smallest absolute Gasteiger partial charge is 0.164 e. The first-order valence-electron chi connectivity index (χ1n) is 4.51. The van der Waals surface area contributed by atoms with Gasteiger partial charge in [-0.2, -0.15) is 0 Å². The monoisotopic (exact) mass is 178 g/mol. The maximum absolute atomic E-state index is 11.2. The molecule has 0 aliphatic rings. The molecular weight excluding hydrogens is 164 g/mol. The van der Waals surface area contributed by atoms with E-state index in [4.69, 9.17) is 0 Å². The Hall–Kier alpha value is -1.38. The van der Waals surface area contributed by atoms with Gasteiger partial charge < -0.3 is 5.32 Å². The van der Waals surface area contributed by atoms with Gasteiger partial charge in [0, 0.05) is 24.7 Å². The van der Waals surface area contributed by atoms with Crippen LogP contribution in [0.25, 0.3) is 0 Å². The molecule has 0 atom stereocenters. The van der Waals surface area contributed by atoms with Gasteiger partial charge in [-0.05, 0) is 19.1 Å². The molecule has 1 aromatic rings. The maximum atomic E-state index is 11.2. The Balaban J connectivity index is 2.75. The average molecular weight is 178 g/mol. The fourth-order valence-electron chi connectivity index (χ4n) is 1.05. The second kappa shape index (κ2) is 4.60. The number of aromatic nitrogens is 1. The molecule has 0 saturated heterocycles. The van der Waals surface area contributed by atoms with Crippen molar-refractivity contribution in [2.75, 3.05) is 11.9 Å². The molecule has 1 rings (SSSR count). The van der Waals surface area contributed by atoms with Crippen molar-refractivity contribution < 1.29 is 4.79 Å². The highest BCUT2D eigenvalue weighted by molar-refractivity contribution is 5.95. The Kier molecular flexibility index (Phi) is 3.43. The van der Waals surface area contributed by atoms with Crippen LogP contribution >= 0.6 is 0 Å². The minimum Gasteiger partial charge on any atom is -0.370 e. The van der Waals surface area contributed by atoms with Gasteiger partial charge in [0.25, 0.3) is 0 Å². The van der Waals surface area contributed by atoms with Crippen molar-refractivity contribution in [3.63, 3.8) is 0 Å². The Bertz CT molecular complexity index is 279. The van der Waals surface area contributed by atoms with Crippen LogP contribution in [0.15, 0.2) is 18.3 Å². The summed E-state index contributed by atoms with van der Waals surface area (Å²) in [6.45, 7) is 4.70. The molecule has 1 heterocycles. The number of nitrogens with zero attached hydrogens (tertiary/aromatic N) is 1. The molecule has 0 bridgehead atoms. The van der Waals surface area contributed by atoms with Crippen LogP contribution in [0.4, 0.5) is 5.82 Å². The van der Waals surface area contributed by atoms with E-state index >= 15 is 0 Å². The van der Waals surface area contributed by atoms with Gasteiger partial charge >= 0.3 is 0 Å². The second-order valence-electron chi connectivity index (χ2n) is 2.74. The third kappa shape index (κ3) is 2.54. The molecule has 3 nitrogen and oxygen atoms in total. The molecule has 0 fully saturated rings. The zero-order valence-corrected chi connectivity index (χ0v) is 8.00. The van der Waals surface area contributed by atoms with Gasteiger partial charge in [-0.1, -0.05) is 6.92 Å². The number of nitrogens with one attached hydrogen (secondary N) is 1. The molecule has 0 spiro atoms. The number of pyridine rings is 1. The van der Waals surface area contributed by atoms with Crippen LogP contribution in [-0.4, -0.2) is 17.3 Å². The summed E-state index contributed by atoms with van der Waals surface area (Å²) in [6.07, 6.45) is 2.14. The van der Waals surface area contributed by atoms with Crippen LogP contribution in [0.5, 0.6) is 0 Å². The summed E-state index contributed by atoms with van der Waals surface area (Å²) in [5, 5.41) is 3.07. The summed E-state index contributed by atoms with van der Waals surface area (Å²) < 4.78 is 0. The molecule has 13 heavy (non-hydrogen) atoms.